The van der Waals surface area contributed by atoms with Crippen molar-refractivity contribution < 1.29 is 14.7 Å². The Bertz CT molecular complexity index is 66.7. The SMILES string of the molecule is OP(O)(O)=S.[PH3]=S. The van der Waals surface area contributed by atoms with E-state index in [0.717, 1.165) is 0 Å². The van der Waals surface area contributed by atoms with Gasteiger partial charge in [0.05, 0.1) is 0 Å². The van der Waals surface area contributed by atoms with Gasteiger partial charge in [0.25, 0.3) is 0 Å². The van der Waals surface area contributed by atoms with Crippen LogP contribution >= 0.6 is 14.7 Å². The predicted octanol–water partition coefficient (Wildman–Crippen LogP) is -0.756. The molecule has 0 aliphatic carbocycles. The Balaban J connectivity index is 0. The van der Waals surface area contributed by atoms with Crippen LogP contribution < -0.4 is 0 Å². The Morgan fingerprint density at radius 2 is 1.14 bits per heavy atom. The average molecular weight is 180 g/mol. The molecule has 0 saturated carbocycles. The van der Waals surface area contributed by atoms with Crippen LogP contribution in [-0.2, 0) is 23.6 Å². The number of rotatable bonds is 0. The van der Waals surface area contributed by atoms with Crippen molar-refractivity contribution in [3.8, 4) is 0 Å². The highest BCUT2D eigenvalue weighted by Crippen LogP contribution is 2.26. The monoisotopic (exact) mass is 180 g/mol. The molecule has 0 aliphatic rings. The van der Waals surface area contributed by atoms with E-state index in [1.165, 1.54) is 8.02 Å². The second kappa shape index (κ2) is 5.32. The van der Waals surface area contributed by atoms with Crippen molar-refractivity contribution in [2.75, 3.05) is 0 Å². The largest absolute Gasteiger partial charge is 0.325 e. The van der Waals surface area contributed by atoms with Crippen molar-refractivity contribution >= 4 is 38.3 Å². The quantitative estimate of drug-likeness (QED) is 0.428. The van der Waals surface area contributed by atoms with Gasteiger partial charge in [-0.15, -0.1) is 11.8 Å². The average Bonchev–Trinajstić information content (AvgIpc) is 1.36. The van der Waals surface area contributed by atoms with Gasteiger partial charge in [0.1, 0.15) is 0 Å². The van der Waals surface area contributed by atoms with Crippen LogP contribution in [0.1, 0.15) is 0 Å². The predicted molar refractivity (Wildman–Crippen MR) is 39.4 cm³/mol. The minimum Gasteiger partial charge on any atom is -0.325 e. The minimum absolute atomic E-state index is 1.44. The Kier molecular flexibility index (Phi) is 8.39. The Morgan fingerprint density at radius 3 is 1.14 bits per heavy atom. The maximum Gasteiger partial charge on any atom is 0.319 e. The van der Waals surface area contributed by atoms with Crippen LogP contribution in [0.3, 0.4) is 0 Å². The second-order valence-corrected chi connectivity index (χ2v) is 3.01. The van der Waals surface area contributed by atoms with Crippen molar-refractivity contribution in [1.82, 2.24) is 0 Å². The third-order valence-corrected chi connectivity index (χ3v) is 0. The molecular weight excluding hydrogens is 174 g/mol. The van der Waals surface area contributed by atoms with E-state index in [-0.39, 0.29) is 0 Å². The molecule has 0 rings (SSSR count). The van der Waals surface area contributed by atoms with Gasteiger partial charge < -0.3 is 14.7 Å². The molecule has 0 saturated heterocycles. The molecule has 1 unspecified atom stereocenters. The summed E-state index contributed by atoms with van der Waals surface area (Å²) in [4.78, 5) is 22.7. The molecule has 7 heteroatoms. The van der Waals surface area contributed by atoms with Crippen molar-refractivity contribution in [2.24, 2.45) is 0 Å². The van der Waals surface area contributed by atoms with Gasteiger partial charge in [-0.25, -0.2) is 0 Å². The van der Waals surface area contributed by atoms with Crippen LogP contribution in [0.15, 0.2) is 0 Å². The molecule has 1 atom stereocenters. The molecule has 7 heavy (non-hydrogen) atoms. The molecule has 0 aromatic heterocycles. The van der Waals surface area contributed by atoms with Gasteiger partial charge in [0.15, 0.2) is 0 Å². The zero-order valence-corrected chi connectivity index (χ0v) is 7.25. The van der Waals surface area contributed by atoms with Crippen LogP contribution in [0.25, 0.3) is 0 Å². The van der Waals surface area contributed by atoms with Crippen molar-refractivity contribution in [3.63, 3.8) is 0 Å². The first-order valence-electron chi connectivity index (χ1n) is 1.07. The van der Waals surface area contributed by atoms with Gasteiger partial charge in [-0.05, 0) is 11.8 Å². The molecule has 0 aromatic carbocycles. The summed E-state index contributed by atoms with van der Waals surface area (Å²) in [5, 5.41) is 0. The molecule has 3 nitrogen and oxygen atoms in total. The summed E-state index contributed by atoms with van der Waals surface area (Å²) in [5.41, 5.74) is 0. The molecule has 0 aromatic rings. The molecule has 0 fully saturated rings. The molecule has 46 valence electrons. The Hall–Kier alpha value is 1.18. The topological polar surface area (TPSA) is 60.7 Å². The molecule has 0 heterocycles. The van der Waals surface area contributed by atoms with E-state index >= 15 is 0 Å². The fraction of sp³-hybridized carbons (Fsp3) is 0. The van der Waals surface area contributed by atoms with Crippen LogP contribution in [0.2, 0.25) is 0 Å². The summed E-state index contributed by atoms with van der Waals surface area (Å²) < 4.78 is 0. The van der Waals surface area contributed by atoms with Gasteiger partial charge in [0, 0.05) is 0 Å². The maximum atomic E-state index is 7.56. The van der Waals surface area contributed by atoms with Crippen LogP contribution in [0, 0.1) is 0 Å². The van der Waals surface area contributed by atoms with Gasteiger partial charge in [-0.2, -0.15) is 0 Å². The molecule has 0 radical (unpaired) electrons. The first kappa shape index (κ1) is 11.0. The number of hydrogen-bond acceptors (Lipinski definition) is 2. The smallest absolute Gasteiger partial charge is 0.319 e. The van der Waals surface area contributed by atoms with Crippen molar-refractivity contribution in [3.05, 3.63) is 0 Å². The molecular formula is H6O3P2S2. The van der Waals surface area contributed by atoms with E-state index in [1.54, 1.807) is 0 Å². The summed E-state index contributed by atoms with van der Waals surface area (Å²) >= 11 is 7.72. The fourth-order valence-corrected chi connectivity index (χ4v) is 0. The Morgan fingerprint density at radius 1 is 1.14 bits per heavy atom. The third-order valence-electron chi connectivity index (χ3n) is 0. The molecule has 0 bridgehead atoms. The minimum atomic E-state index is -3.81. The van der Waals surface area contributed by atoms with Gasteiger partial charge >= 0.3 is 6.72 Å². The molecule has 0 aliphatic heterocycles. The zero-order valence-electron chi connectivity index (χ0n) is 3.31. The Labute approximate surface area is 53.5 Å². The van der Waals surface area contributed by atoms with E-state index in [0.29, 0.717) is 0 Å². The highest BCUT2D eigenvalue weighted by molar-refractivity contribution is 8.06. The van der Waals surface area contributed by atoms with E-state index in [2.05, 4.69) is 23.6 Å². The third kappa shape index (κ3) is 138. The van der Waals surface area contributed by atoms with Crippen LogP contribution in [0.5, 0.6) is 0 Å². The second-order valence-electron chi connectivity index (χ2n) is 0.513. The maximum absolute atomic E-state index is 7.56. The highest BCUT2D eigenvalue weighted by Gasteiger charge is 1.92. The van der Waals surface area contributed by atoms with Gasteiger partial charge in [-0.3, -0.25) is 0 Å². The lowest BCUT2D eigenvalue weighted by atomic mass is 15.8. The van der Waals surface area contributed by atoms with Gasteiger partial charge in [0.2, 0.25) is 0 Å². The normalized spacial score (nSPS) is 9.57. The molecule has 3 N–H and O–H groups in total. The van der Waals surface area contributed by atoms with Crippen molar-refractivity contribution in [2.45, 2.75) is 0 Å². The summed E-state index contributed by atoms with van der Waals surface area (Å²) in [6.45, 7) is -3.81. The van der Waals surface area contributed by atoms with E-state index in [4.69, 9.17) is 14.7 Å². The number of hydrogen-bond donors (Lipinski definition) is 3. The first-order chi connectivity index (χ1) is 3.00. The molecule has 0 amide bonds. The van der Waals surface area contributed by atoms with E-state index in [9.17, 15) is 0 Å². The summed E-state index contributed by atoms with van der Waals surface area (Å²) in [6.07, 6.45) is 0. The van der Waals surface area contributed by atoms with Gasteiger partial charge in [-0.1, -0.05) is 8.02 Å². The lowest BCUT2D eigenvalue weighted by molar-refractivity contribution is 0.363. The molecule has 0 spiro atoms. The fourth-order valence-electron chi connectivity index (χ4n) is 0. The van der Waals surface area contributed by atoms with E-state index in [1.807, 2.05) is 0 Å². The van der Waals surface area contributed by atoms with Crippen LogP contribution in [0.4, 0.5) is 0 Å². The lowest BCUT2D eigenvalue weighted by Crippen LogP contribution is -1.65. The first-order valence-corrected chi connectivity index (χ1v) is 6.04. The summed E-state index contributed by atoms with van der Waals surface area (Å²) in [6, 6.07) is 0. The zero-order chi connectivity index (χ0) is 6.50. The standard InChI is InChI=1S/H3O3PS.H3PS/c1-4(2,3)5;1-2/h(H3,1,2,3,5);1H3. The summed E-state index contributed by atoms with van der Waals surface area (Å²) in [7, 11) is 1.44. The highest BCUT2D eigenvalue weighted by atomic mass is 32.5. The lowest BCUT2D eigenvalue weighted by Gasteiger charge is -1.88. The summed E-state index contributed by atoms with van der Waals surface area (Å²) in [5.74, 6) is 0. The van der Waals surface area contributed by atoms with Crippen LogP contribution in [-0.4, -0.2) is 14.7 Å². The van der Waals surface area contributed by atoms with Crippen molar-refractivity contribution in [1.29, 1.82) is 0 Å². The van der Waals surface area contributed by atoms with E-state index < -0.39 is 6.72 Å².